The molecule has 0 aliphatic heterocycles. The zero-order valence-corrected chi connectivity index (χ0v) is 10.9. The minimum absolute atomic E-state index is 0.00397. The van der Waals surface area contributed by atoms with Crippen LogP contribution in [-0.2, 0) is 11.3 Å². The summed E-state index contributed by atoms with van der Waals surface area (Å²) in [6, 6.07) is 2.87. The Morgan fingerprint density at radius 2 is 2.33 bits per heavy atom. The van der Waals surface area contributed by atoms with Crippen LogP contribution in [0, 0.1) is 0 Å². The minimum atomic E-state index is -0.236. The molecule has 6 heteroatoms. The number of carbonyl (C=O) groups is 1. The molecule has 0 radical (unpaired) electrons. The van der Waals surface area contributed by atoms with Crippen molar-refractivity contribution in [3.8, 4) is 0 Å². The van der Waals surface area contributed by atoms with Gasteiger partial charge in [-0.2, -0.15) is 11.8 Å². The molecule has 0 spiro atoms. The molecule has 0 atom stereocenters. The van der Waals surface area contributed by atoms with Crippen molar-refractivity contribution in [1.29, 1.82) is 0 Å². The first-order valence-electron chi connectivity index (χ1n) is 5.55. The molecule has 0 bridgehead atoms. The number of pyridine rings is 1. The Labute approximate surface area is 110 Å². The van der Waals surface area contributed by atoms with E-state index in [4.69, 9.17) is 5.73 Å². The minimum Gasteiger partial charge on any atom is -0.398 e. The van der Waals surface area contributed by atoms with Gasteiger partial charge in [0.2, 0.25) is 5.91 Å². The lowest BCUT2D eigenvalue weighted by Gasteiger charge is -2.07. The molecule has 0 saturated heterocycles. The number of thioether (sulfide) groups is 1. The first-order chi connectivity index (χ1) is 8.63. The Morgan fingerprint density at radius 3 is 3.06 bits per heavy atom. The molecule has 0 fully saturated rings. The van der Waals surface area contributed by atoms with Crippen LogP contribution in [0.2, 0.25) is 0 Å². The highest BCUT2D eigenvalue weighted by atomic mass is 32.2. The average molecular weight is 267 g/mol. The van der Waals surface area contributed by atoms with Crippen molar-refractivity contribution in [3.63, 3.8) is 0 Å². The molecule has 1 amide bonds. The van der Waals surface area contributed by atoms with E-state index in [2.05, 4.69) is 11.9 Å². The molecule has 0 unspecified atom stereocenters. The third-order valence-corrected chi connectivity index (χ3v) is 3.09. The second-order valence-electron chi connectivity index (χ2n) is 3.64. The fourth-order valence-electron chi connectivity index (χ4n) is 1.31. The summed E-state index contributed by atoms with van der Waals surface area (Å²) in [5.74, 6) is 1.50. The number of nitrogens with two attached hydrogens (primary N) is 1. The number of nitrogen functional groups attached to an aromatic ring is 1. The molecule has 0 saturated carbocycles. The number of carbonyl (C=O) groups excluding carboxylic acids is 1. The molecule has 3 N–H and O–H groups in total. The third kappa shape index (κ3) is 5.09. The van der Waals surface area contributed by atoms with Crippen LogP contribution in [0.3, 0.4) is 0 Å². The lowest BCUT2D eigenvalue weighted by Crippen LogP contribution is -2.33. The lowest BCUT2D eigenvalue weighted by molar-refractivity contribution is -0.121. The van der Waals surface area contributed by atoms with Crippen molar-refractivity contribution >= 4 is 23.4 Å². The van der Waals surface area contributed by atoms with Gasteiger partial charge in [0.05, 0.1) is 0 Å². The van der Waals surface area contributed by atoms with E-state index in [1.807, 2.05) is 6.08 Å². The summed E-state index contributed by atoms with van der Waals surface area (Å²) in [7, 11) is 0. The Kier molecular flexibility index (Phi) is 6.07. The van der Waals surface area contributed by atoms with Gasteiger partial charge >= 0.3 is 0 Å². The molecule has 0 aromatic carbocycles. The fourth-order valence-corrected chi connectivity index (χ4v) is 1.89. The van der Waals surface area contributed by atoms with E-state index in [9.17, 15) is 9.59 Å². The van der Waals surface area contributed by atoms with Gasteiger partial charge in [-0.1, -0.05) is 6.08 Å². The zero-order valence-electron chi connectivity index (χ0n) is 10.1. The standard InChI is InChI=1S/C12H17N3O2S/c1-2-6-18-7-5-14-11(16)9-15-8-10(13)3-4-12(15)17/h2-4,8H,1,5-7,9,13H2,(H,14,16). The highest BCUT2D eigenvalue weighted by Crippen LogP contribution is 1.97. The molecule has 1 rings (SSSR count). The molecule has 1 aromatic rings. The second kappa shape index (κ2) is 7.60. The van der Waals surface area contributed by atoms with Crippen LogP contribution in [-0.4, -0.2) is 28.5 Å². The van der Waals surface area contributed by atoms with Gasteiger partial charge in [-0.05, 0) is 6.07 Å². The number of anilines is 1. The average Bonchev–Trinajstić information content (AvgIpc) is 2.33. The number of hydrogen-bond donors (Lipinski definition) is 2. The van der Waals surface area contributed by atoms with Crippen molar-refractivity contribution in [2.75, 3.05) is 23.8 Å². The number of aromatic nitrogens is 1. The van der Waals surface area contributed by atoms with E-state index in [0.717, 1.165) is 11.5 Å². The van der Waals surface area contributed by atoms with Crippen LogP contribution in [0.4, 0.5) is 5.69 Å². The van der Waals surface area contributed by atoms with Crippen molar-refractivity contribution in [1.82, 2.24) is 9.88 Å². The quantitative estimate of drug-likeness (QED) is 0.556. The Hall–Kier alpha value is -1.69. The van der Waals surface area contributed by atoms with Crippen LogP contribution in [0.5, 0.6) is 0 Å². The van der Waals surface area contributed by atoms with E-state index in [1.54, 1.807) is 11.8 Å². The summed E-state index contributed by atoms with van der Waals surface area (Å²) in [6.07, 6.45) is 3.28. The second-order valence-corrected chi connectivity index (χ2v) is 4.79. The third-order valence-electron chi connectivity index (χ3n) is 2.12. The van der Waals surface area contributed by atoms with Gasteiger partial charge in [0.25, 0.3) is 5.56 Å². The predicted molar refractivity (Wildman–Crippen MR) is 75.6 cm³/mol. The van der Waals surface area contributed by atoms with Crippen LogP contribution in [0.25, 0.3) is 0 Å². The van der Waals surface area contributed by atoms with Crippen LogP contribution in [0.15, 0.2) is 35.8 Å². The molecule has 1 heterocycles. The fraction of sp³-hybridized carbons (Fsp3) is 0.333. The zero-order chi connectivity index (χ0) is 13.4. The maximum Gasteiger partial charge on any atom is 0.251 e. The number of nitrogens with one attached hydrogen (secondary N) is 1. The van der Waals surface area contributed by atoms with Gasteiger partial charge < -0.3 is 15.6 Å². The van der Waals surface area contributed by atoms with E-state index in [0.29, 0.717) is 12.2 Å². The van der Waals surface area contributed by atoms with Gasteiger partial charge in [-0.15, -0.1) is 6.58 Å². The Bertz CT molecular complexity index is 471. The Morgan fingerprint density at radius 1 is 1.56 bits per heavy atom. The van der Waals surface area contributed by atoms with E-state index >= 15 is 0 Å². The smallest absolute Gasteiger partial charge is 0.251 e. The van der Waals surface area contributed by atoms with Gasteiger partial charge in [0.1, 0.15) is 6.54 Å². The van der Waals surface area contributed by atoms with Crippen LogP contribution >= 0.6 is 11.8 Å². The van der Waals surface area contributed by atoms with E-state index in [-0.39, 0.29) is 18.0 Å². The van der Waals surface area contributed by atoms with Gasteiger partial charge in [0, 0.05) is 36.0 Å². The summed E-state index contributed by atoms with van der Waals surface area (Å²) in [4.78, 5) is 23.0. The molecular weight excluding hydrogens is 250 g/mol. The monoisotopic (exact) mass is 267 g/mol. The van der Waals surface area contributed by atoms with Crippen molar-refractivity contribution in [2.45, 2.75) is 6.54 Å². The molecule has 18 heavy (non-hydrogen) atoms. The highest BCUT2D eigenvalue weighted by molar-refractivity contribution is 7.99. The molecule has 98 valence electrons. The molecule has 5 nitrogen and oxygen atoms in total. The van der Waals surface area contributed by atoms with E-state index in [1.165, 1.54) is 22.9 Å². The van der Waals surface area contributed by atoms with Crippen LogP contribution < -0.4 is 16.6 Å². The Balaban J connectivity index is 2.38. The first-order valence-corrected chi connectivity index (χ1v) is 6.70. The normalized spacial score (nSPS) is 10.0. The van der Waals surface area contributed by atoms with Crippen molar-refractivity contribution in [2.24, 2.45) is 0 Å². The number of amides is 1. The summed E-state index contributed by atoms with van der Waals surface area (Å²) >= 11 is 1.69. The van der Waals surface area contributed by atoms with Crippen molar-refractivity contribution < 1.29 is 4.79 Å². The molecule has 0 aliphatic carbocycles. The van der Waals surface area contributed by atoms with E-state index < -0.39 is 0 Å². The summed E-state index contributed by atoms with van der Waals surface area (Å²) in [6.45, 7) is 4.18. The largest absolute Gasteiger partial charge is 0.398 e. The molecule has 1 aromatic heterocycles. The summed E-state index contributed by atoms with van der Waals surface area (Å²) < 4.78 is 1.29. The highest BCUT2D eigenvalue weighted by Gasteiger charge is 2.03. The summed E-state index contributed by atoms with van der Waals surface area (Å²) in [5.41, 5.74) is 5.78. The SMILES string of the molecule is C=CCSCCNC(=O)Cn1cc(N)ccc1=O. The lowest BCUT2D eigenvalue weighted by atomic mass is 10.4. The molecule has 0 aliphatic rings. The van der Waals surface area contributed by atoms with Crippen LogP contribution in [0.1, 0.15) is 0 Å². The number of rotatable bonds is 7. The topological polar surface area (TPSA) is 77.1 Å². The summed E-state index contributed by atoms with van der Waals surface area (Å²) in [5, 5.41) is 2.74. The maximum absolute atomic E-state index is 11.6. The maximum atomic E-state index is 11.6. The van der Waals surface area contributed by atoms with Crippen molar-refractivity contribution in [3.05, 3.63) is 41.3 Å². The number of nitrogens with zero attached hydrogens (tertiary/aromatic N) is 1. The number of hydrogen-bond acceptors (Lipinski definition) is 4. The predicted octanol–water partition coefficient (Wildman–Crippen LogP) is 0.466. The first kappa shape index (κ1) is 14.4. The van der Waals surface area contributed by atoms with Gasteiger partial charge in [-0.3, -0.25) is 9.59 Å². The van der Waals surface area contributed by atoms with Gasteiger partial charge in [0.15, 0.2) is 0 Å². The molecular formula is C12H17N3O2S. The van der Waals surface area contributed by atoms with Gasteiger partial charge in [-0.25, -0.2) is 0 Å².